The minimum atomic E-state index is -0.722. The summed E-state index contributed by atoms with van der Waals surface area (Å²) >= 11 is 0. The molecule has 0 unspecified atom stereocenters. The average molecular weight is 272 g/mol. The molecule has 0 saturated carbocycles. The van der Waals surface area contributed by atoms with Gasteiger partial charge in [0, 0.05) is 23.8 Å². The lowest BCUT2D eigenvalue weighted by Crippen LogP contribution is -2.27. The Balaban J connectivity index is 1.73. The monoisotopic (exact) mass is 272 g/mol. The van der Waals surface area contributed by atoms with Gasteiger partial charge in [-0.15, -0.1) is 0 Å². The van der Waals surface area contributed by atoms with Gasteiger partial charge in [0.1, 0.15) is 0 Å². The van der Waals surface area contributed by atoms with Gasteiger partial charge in [-0.3, -0.25) is 9.97 Å². The number of pyridine rings is 2. The number of nitrogens with zero attached hydrogens (tertiary/aromatic N) is 2. The second kappa shape index (κ2) is 7.72. The summed E-state index contributed by atoms with van der Waals surface area (Å²) < 4.78 is 0. The molecule has 20 heavy (non-hydrogen) atoms. The van der Waals surface area contributed by atoms with Crippen molar-refractivity contribution in [2.45, 2.75) is 37.9 Å². The summed E-state index contributed by atoms with van der Waals surface area (Å²) in [4.78, 5) is 8.40. The van der Waals surface area contributed by atoms with Crippen LogP contribution in [0.2, 0.25) is 0 Å². The molecule has 4 nitrogen and oxygen atoms in total. The Kier molecular flexibility index (Phi) is 5.65. The third kappa shape index (κ3) is 4.72. The third-order valence-electron chi connectivity index (χ3n) is 3.29. The van der Waals surface area contributed by atoms with E-state index in [9.17, 15) is 10.2 Å². The van der Waals surface area contributed by atoms with Crippen molar-refractivity contribution in [1.82, 2.24) is 9.97 Å². The highest BCUT2D eigenvalue weighted by Crippen LogP contribution is 2.10. The normalized spacial score (nSPS) is 13.9. The van der Waals surface area contributed by atoms with E-state index in [1.807, 2.05) is 36.4 Å². The molecule has 0 amide bonds. The lowest BCUT2D eigenvalue weighted by Gasteiger charge is -2.17. The standard InChI is InChI=1S/C16H20N2O2/c19-15(9-7-13-5-1-3-11-17-13)16(20)10-8-14-6-2-4-12-18-14/h1-6,11-12,15-16,19-20H,7-10H2/t15-,16-/m1/s1. The highest BCUT2D eigenvalue weighted by Gasteiger charge is 2.16. The first-order valence-electron chi connectivity index (χ1n) is 6.91. The molecule has 2 heterocycles. The van der Waals surface area contributed by atoms with Gasteiger partial charge < -0.3 is 10.2 Å². The molecule has 2 atom stereocenters. The van der Waals surface area contributed by atoms with Gasteiger partial charge in [-0.1, -0.05) is 12.1 Å². The van der Waals surface area contributed by atoms with E-state index in [0.29, 0.717) is 25.7 Å². The van der Waals surface area contributed by atoms with Crippen LogP contribution in [0.3, 0.4) is 0 Å². The van der Waals surface area contributed by atoms with Crippen LogP contribution in [0, 0.1) is 0 Å². The fourth-order valence-corrected chi connectivity index (χ4v) is 2.07. The van der Waals surface area contributed by atoms with Gasteiger partial charge in [-0.25, -0.2) is 0 Å². The Hall–Kier alpha value is -1.78. The number of aromatic nitrogens is 2. The molecule has 0 fully saturated rings. The predicted octanol–water partition coefficient (Wildman–Crippen LogP) is 1.76. The van der Waals surface area contributed by atoms with Gasteiger partial charge in [0.2, 0.25) is 0 Å². The maximum atomic E-state index is 9.96. The van der Waals surface area contributed by atoms with Crippen LogP contribution >= 0.6 is 0 Å². The molecule has 0 bridgehead atoms. The minimum absolute atomic E-state index is 0.514. The van der Waals surface area contributed by atoms with Crippen LogP contribution in [0.25, 0.3) is 0 Å². The number of hydrogen-bond acceptors (Lipinski definition) is 4. The summed E-state index contributed by atoms with van der Waals surface area (Å²) in [5.74, 6) is 0. The second-order valence-corrected chi connectivity index (χ2v) is 4.85. The highest BCUT2D eigenvalue weighted by atomic mass is 16.3. The van der Waals surface area contributed by atoms with Gasteiger partial charge >= 0.3 is 0 Å². The van der Waals surface area contributed by atoms with E-state index in [0.717, 1.165) is 11.4 Å². The van der Waals surface area contributed by atoms with Crippen LogP contribution in [-0.2, 0) is 12.8 Å². The van der Waals surface area contributed by atoms with Crippen molar-refractivity contribution in [3.05, 3.63) is 60.2 Å². The SMILES string of the molecule is O[C@H](CCc1ccccn1)[C@H](O)CCc1ccccn1. The number of aliphatic hydroxyl groups is 2. The fraction of sp³-hybridized carbons (Fsp3) is 0.375. The van der Waals surface area contributed by atoms with Crippen LogP contribution in [0.15, 0.2) is 48.8 Å². The molecule has 0 saturated heterocycles. The van der Waals surface area contributed by atoms with Gasteiger partial charge in [-0.2, -0.15) is 0 Å². The molecule has 2 rings (SSSR count). The molecule has 2 aromatic rings. The predicted molar refractivity (Wildman–Crippen MR) is 77.1 cm³/mol. The largest absolute Gasteiger partial charge is 0.390 e. The zero-order chi connectivity index (χ0) is 14.2. The van der Waals surface area contributed by atoms with Gasteiger partial charge in [0.15, 0.2) is 0 Å². The summed E-state index contributed by atoms with van der Waals surface area (Å²) in [5, 5.41) is 19.9. The molecular formula is C16H20N2O2. The van der Waals surface area contributed by atoms with Gasteiger partial charge in [0.05, 0.1) is 12.2 Å². The Morgan fingerprint density at radius 3 is 1.55 bits per heavy atom. The van der Waals surface area contributed by atoms with E-state index in [1.54, 1.807) is 12.4 Å². The summed E-state index contributed by atoms with van der Waals surface area (Å²) in [6.45, 7) is 0. The third-order valence-corrected chi connectivity index (χ3v) is 3.29. The molecule has 0 aliphatic carbocycles. The lowest BCUT2D eigenvalue weighted by atomic mass is 10.0. The van der Waals surface area contributed by atoms with Gasteiger partial charge in [-0.05, 0) is 49.9 Å². The first kappa shape index (κ1) is 14.6. The molecule has 0 aliphatic rings. The maximum Gasteiger partial charge on any atom is 0.0803 e. The molecule has 0 radical (unpaired) electrons. The van der Waals surface area contributed by atoms with Crippen molar-refractivity contribution in [3.8, 4) is 0 Å². The molecule has 2 aromatic heterocycles. The molecule has 0 spiro atoms. The summed E-state index contributed by atoms with van der Waals surface area (Å²) in [5.41, 5.74) is 1.87. The maximum absolute atomic E-state index is 9.96. The van der Waals surface area contributed by atoms with E-state index in [4.69, 9.17) is 0 Å². The second-order valence-electron chi connectivity index (χ2n) is 4.85. The average Bonchev–Trinajstić information content (AvgIpc) is 2.52. The molecule has 106 valence electrons. The molecule has 0 aliphatic heterocycles. The summed E-state index contributed by atoms with van der Waals surface area (Å²) in [7, 11) is 0. The Labute approximate surface area is 119 Å². The smallest absolute Gasteiger partial charge is 0.0803 e. The lowest BCUT2D eigenvalue weighted by molar-refractivity contribution is 0.0101. The van der Waals surface area contributed by atoms with Gasteiger partial charge in [0.25, 0.3) is 0 Å². The van der Waals surface area contributed by atoms with E-state index < -0.39 is 12.2 Å². The number of hydrogen-bond donors (Lipinski definition) is 2. The van der Waals surface area contributed by atoms with E-state index >= 15 is 0 Å². The molecule has 4 heteroatoms. The molecule has 0 aromatic carbocycles. The zero-order valence-corrected chi connectivity index (χ0v) is 11.4. The van der Waals surface area contributed by atoms with E-state index in [-0.39, 0.29) is 0 Å². The zero-order valence-electron chi connectivity index (χ0n) is 11.4. The number of aryl methyl sites for hydroxylation is 2. The Bertz CT molecular complexity index is 443. The number of aliphatic hydroxyl groups excluding tert-OH is 2. The van der Waals surface area contributed by atoms with Crippen molar-refractivity contribution in [2.75, 3.05) is 0 Å². The first-order chi connectivity index (χ1) is 9.75. The van der Waals surface area contributed by atoms with Crippen molar-refractivity contribution < 1.29 is 10.2 Å². The topological polar surface area (TPSA) is 66.2 Å². The van der Waals surface area contributed by atoms with Crippen molar-refractivity contribution in [2.24, 2.45) is 0 Å². The highest BCUT2D eigenvalue weighted by molar-refractivity contribution is 5.05. The van der Waals surface area contributed by atoms with Crippen molar-refractivity contribution >= 4 is 0 Å². The Morgan fingerprint density at radius 1 is 0.750 bits per heavy atom. The molecule has 2 N–H and O–H groups in total. The number of rotatable bonds is 7. The Morgan fingerprint density at radius 2 is 1.20 bits per heavy atom. The first-order valence-corrected chi connectivity index (χ1v) is 6.91. The van der Waals surface area contributed by atoms with Crippen LogP contribution in [0.5, 0.6) is 0 Å². The quantitative estimate of drug-likeness (QED) is 0.806. The van der Waals surface area contributed by atoms with Crippen LogP contribution in [0.4, 0.5) is 0 Å². The van der Waals surface area contributed by atoms with Crippen molar-refractivity contribution in [3.63, 3.8) is 0 Å². The van der Waals surface area contributed by atoms with Crippen LogP contribution < -0.4 is 0 Å². The van der Waals surface area contributed by atoms with E-state index in [2.05, 4.69) is 9.97 Å². The van der Waals surface area contributed by atoms with Crippen LogP contribution in [-0.4, -0.2) is 32.4 Å². The molecular weight excluding hydrogens is 252 g/mol. The van der Waals surface area contributed by atoms with E-state index in [1.165, 1.54) is 0 Å². The summed E-state index contributed by atoms with van der Waals surface area (Å²) in [6, 6.07) is 11.4. The minimum Gasteiger partial charge on any atom is -0.390 e. The fourth-order valence-electron chi connectivity index (χ4n) is 2.07. The van der Waals surface area contributed by atoms with Crippen LogP contribution in [0.1, 0.15) is 24.2 Å². The van der Waals surface area contributed by atoms with Crippen molar-refractivity contribution in [1.29, 1.82) is 0 Å². The summed E-state index contributed by atoms with van der Waals surface area (Å²) in [6.07, 6.45) is 4.39.